The van der Waals surface area contributed by atoms with E-state index >= 15 is 0 Å². The molecular weight excluding hydrogens is 382 g/mol. The maximum absolute atomic E-state index is 11.5. The summed E-state index contributed by atoms with van der Waals surface area (Å²) in [5.74, 6) is -1.16. The molecule has 0 amide bonds. The fourth-order valence-corrected chi connectivity index (χ4v) is 2.21. The Bertz CT molecular complexity index is 725. The zero-order valence-corrected chi connectivity index (χ0v) is 14.8. The van der Waals surface area contributed by atoms with Crippen LogP contribution in [-0.4, -0.2) is 14.4 Å². The van der Waals surface area contributed by atoms with Crippen molar-refractivity contribution in [3.63, 3.8) is 0 Å². The van der Waals surface area contributed by atoms with Gasteiger partial charge in [0.25, 0.3) is 0 Å². The van der Waals surface area contributed by atoms with Crippen LogP contribution in [0, 0.1) is 0 Å². The molecule has 1 atom stereocenters. The van der Waals surface area contributed by atoms with Crippen LogP contribution in [0.2, 0.25) is 0 Å². The predicted octanol–water partition coefficient (Wildman–Crippen LogP) is 4.15. The molecule has 0 spiro atoms. The SMILES string of the molecule is Brc1ccccc1.CCC(C(=O)ON=S(=O)=O)c1ccccc1. The fourth-order valence-electron chi connectivity index (χ4n) is 1.77. The molecule has 0 N–H and O–H groups in total. The van der Waals surface area contributed by atoms with Gasteiger partial charge < -0.3 is 4.84 Å². The normalized spacial score (nSPS) is 10.7. The molecule has 0 aromatic heterocycles. The van der Waals surface area contributed by atoms with Crippen molar-refractivity contribution in [3.8, 4) is 0 Å². The Morgan fingerprint density at radius 1 is 1.09 bits per heavy atom. The standard InChI is InChI=1S/C10H11NO4S.C6H5Br/c1-2-9(8-6-4-3-5-7-8)10(12)15-11-16(13)14;7-6-4-2-1-3-5-6/h3-7,9H,2H2,1H3;1-5H. The third-order valence-corrected chi connectivity index (χ3v) is 3.54. The highest BCUT2D eigenvalue weighted by atomic mass is 79.9. The first-order valence-electron chi connectivity index (χ1n) is 6.81. The van der Waals surface area contributed by atoms with E-state index in [1.165, 1.54) is 0 Å². The van der Waals surface area contributed by atoms with Crippen molar-refractivity contribution in [3.05, 3.63) is 70.7 Å². The van der Waals surface area contributed by atoms with Crippen LogP contribution in [0.25, 0.3) is 0 Å². The van der Waals surface area contributed by atoms with Crippen LogP contribution in [0.15, 0.2) is 69.7 Å². The van der Waals surface area contributed by atoms with Gasteiger partial charge in [-0.3, -0.25) is 0 Å². The van der Waals surface area contributed by atoms with Gasteiger partial charge in [0.15, 0.2) is 0 Å². The molecule has 5 nitrogen and oxygen atoms in total. The molecule has 2 rings (SSSR count). The molecule has 23 heavy (non-hydrogen) atoms. The molecule has 0 saturated heterocycles. The van der Waals surface area contributed by atoms with Crippen LogP contribution in [0.1, 0.15) is 24.8 Å². The number of carbonyl (C=O) groups excluding carboxylic acids is 1. The summed E-state index contributed by atoms with van der Waals surface area (Å²) in [6.45, 7) is 1.81. The van der Waals surface area contributed by atoms with E-state index in [1.54, 1.807) is 24.3 Å². The van der Waals surface area contributed by atoms with Crippen LogP contribution < -0.4 is 0 Å². The van der Waals surface area contributed by atoms with Crippen molar-refractivity contribution in [2.75, 3.05) is 0 Å². The Labute approximate surface area is 145 Å². The Kier molecular flexibility index (Phi) is 8.86. The zero-order chi connectivity index (χ0) is 17.1. The quantitative estimate of drug-likeness (QED) is 0.726. The first kappa shape index (κ1) is 19.1. The van der Waals surface area contributed by atoms with Gasteiger partial charge in [-0.1, -0.05) is 71.4 Å². The van der Waals surface area contributed by atoms with Crippen LogP contribution in [0.5, 0.6) is 0 Å². The van der Waals surface area contributed by atoms with Gasteiger partial charge in [0.2, 0.25) is 0 Å². The molecule has 0 aliphatic heterocycles. The Morgan fingerprint density at radius 3 is 2.00 bits per heavy atom. The van der Waals surface area contributed by atoms with Crippen molar-refractivity contribution in [1.29, 1.82) is 0 Å². The lowest BCUT2D eigenvalue weighted by atomic mass is 9.97. The maximum atomic E-state index is 11.5. The monoisotopic (exact) mass is 397 g/mol. The van der Waals surface area contributed by atoms with Crippen molar-refractivity contribution < 1.29 is 18.0 Å². The lowest BCUT2D eigenvalue weighted by molar-refractivity contribution is -0.145. The molecule has 2 aromatic rings. The second-order valence-electron chi connectivity index (χ2n) is 4.37. The van der Waals surface area contributed by atoms with E-state index in [9.17, 15) is 13.2 Å². The van der Waals surface area contributed by atoms with E-state index in [4.69, 9.17) is 0 Å². The van der Waals surface area contributed by atoms with E-state index in [2.05, 4.69) is 25.3 Å². The fraction of sp³-hybridized carbons (Fsp3) is 0.188. The molecule has 0 bridgehead atoms. The Balaban J connectivity index is 0.000000313. The van der Waals surface area contributed by atoms with E-state index in [0.717, 1.165) is 10.0 Å². The number of halogens is 1. The summed E-state index contributed by atoms with van der Waals surface area (Å²) in [5.41, 5.74) is 0.780. The minimum atomic E-state index is -2.73. The summed E-state index contributed by atoms with van der Waals surface area (Å²) >= 11 is 3.31. The van der Waals surface area contributed by atoms with Crippen LogP contribution in [-0.2, 0) is 20.1 Å². The van der Waals surface area contributed by atoms with Gasteiger partial charge in [-0.15, -0.1) is 0 Å². The summed E-state index contributed by atoms with van der Waals surface area (Å²) in [4.78, 5) is 15.8. The third-order valence-electron chi connectivity index (χ3n) is 2.82. The highest BCUT2D eigenvalue weighted by Gasteiger charge is 2.20. The van der Waals surface area contributed by atoms with Gasteiger partial charge >= 0.3 is 16.5 Å². The number of rotatable bonds is 4. The summed E-state index contributed by atoms with van der Waals surface area (Å²) < 4.78 is 24.0. The topological polar surface area (TPSA) is 72.8 Å². The van der Waals surface area contributed by atoms with Crippen LogP contribution in [0.3, 0.4) is 0 Å². The molecule has 2 aromatic carbocycles. The van der Waals surface area contributed by atoms with Gasteiger partial charge in [-0.25, -0.2) is 4.79 Å². The minimum absolute atomic E-state index is 0.492. The summed E-state index contributed by atoms with van der Waals surface area (Å²) in [5, 5.41) is 0. The summed E-state index contributed by atoms with van der Waals surface area (Å²) in [6.07, 6.45) is 0.518. The number of benzene rings is 2. The minimum Gasteiger partial charge on any atom is -0.302 e. The second kappa shape index (κ2) is 10.7. The highest BCUT2D eigenvalue weighted by molar-refractivity contribution is 9.10. The molecular formula is C16H16BrNO4S. The lowest BCUT2D eigenvalue weighted by Gasteiger charge is -2.10. The maximum Gasteiger partial charge on any atom is 0.349 e. The van der Waals surface area contributed by atoms with Crippen molar-refractivity contribution in [2.24, 2.45) is 4.53 Å². The zero-order valence-electron chi connectivity index (χ0n) is 12.4. The summed E-state index contributed by atoms with van der Waals surface area (Å²) in [6, 6.07) is 19.0. The summed E-state index contributed by atoms with van der Waals surface area (Å²) in [7, 11) is -2.73. The lowest BCUT2D eigenvalue weighted by Crippen LogP contribution is -2.12. The number of nitrogens with zero attached hydrogens (tertiary/aromatic N) is 1. The van der Waals surface area contributed by atoms with Crippen molar-refractivity contribution in [2.45, 2.75) is 19.3 Å². The first-order valence-corrected chi connectivity index (χ1v) is 8.63. The Morgan fingerprint density at radius 2 is 1.61 bits per heavy atom. The van der Waals surface area contributed by atoms with Gasteiger partial charge in [-0.2, -0.15) is 8.42 Å². The van der Waals surface area contributed by atoms with Gasteiger partial charge in [0.1, 0.15) is 0 Å². The van der Waals surface area contributed by atoms with Gasteiger partial charge in [0.05, 0.1) is 10.4 Å². The molecule has 0 saturated carbocycles. The van der Waals surface area contributed by atoms with E-state index in [-0.39, 0.29) is 0 Å². The molecule has 0 aliphatic rings. The molecule has 0 radical (unpaired) electrons. The van der Waals surface area contributed by atoms with E-state index < -0.39 is 22.4 Å². The number of carbonyl (C=O) groups is 1. The third kappa shape index (κ3) is 7.71. The second-order valence-corrected chi connectivity index (χ2v) is 5.87. The molecule has 0 aliphatic carbocycles. The average Bonchev–Trinajstić information content (AvgIpc) is 2.56. The number of hydrogen-bond acceptors (Lipinski definition) is 5. The van der Waals surface area contributed by atoms with Crippen LogP contribution >= 0.6 is 15.9 Å². The average molecular weight is 398 g/mol. The van der Waals surface area contributed by atoms with Crippen molar-refractivity contribution in [1.82, 2.24) is 0 Å². The van der Waals surface area contributed by atoms with Crippen molar-refractivity contribution >= 4 is 32.4 Å². The number of hydrogen-bond donors (Lipinski definition) is 0. The molecule has 0 heterocycles. The molecule has 1 unspecified atom stereocenters. The van der Waals surface area contributed by atoms with Gasteiger partial charge in [0, 0.05) is 4.47 Å². The largest absolute Gasteiger partial charge is 0.349 e. The predicted molar refractivity (Wildman–Crippen MR) is 91.1 cm³/mol. The molecule has 122 valence electrons. The van der Waals surface area contributed by atoms with E-state index in [0.29, 0.717) is 6.42 Å². The molecule has 7 heteroatoms. The van der Waals surface area contributed by atoms with Gasteiger partial charge in [-0.05, 0) is 24.1 Å². The van der Waals surface area contributed by atoms with Crippen LogP contribution in [0.4, 0.5) is 0 Å². The smallest absolute Gasteiger partial charge is 0.302 e. The Hall–Kier alpha value is -1.99. The van der Waals surface area contributed by atoms with E-state index in [1.807, 2.05) is 43.3 Å². The first-order chi connectivity index (χ1) is 11.0. The highest BCUT2D eigenvalue weighted by Crippen LogP contribution is 2.20. The molecule has 0 fully saturated rings.